The SMILES string of the molecule is COc1cc(O)c(CN2CCOCC2)c(OC)c1OC. The van der Waals surface area contributed by atoms with Crippen molar-refractivity contribution in [3.05, 3.63) is 11.6 Å². The lowest BCUT2D eigenvalue weighted by molar-refractivity contribution is 0.0335. The van der Waals surface area contributed by atoms with Crippen LogP contribution in [0, 0.1) is 0 Å². The van der Waals surface area contributed by atoms with Gasteiger partial charge in [0.15, 0.2) is 11.5 Å². The highest BCUT2D eigenvalue weighted by molar-refractivity contribution is 5.61. The second-order valence-electron chi connectivity index (χ2n) is 4.53. The minimum absolute atomic E-state index is 0.144. The van der Waals surface area contributed by atoms with Crippen LogP contribution in [0.4, 0.5) is 0 Å². The number of phenols is 1. The number of methoxy groups -OCH3 is 3. The molecule has 0 spiro atoms. The summed E-state index contributed by atoms with van der Waals surface area (Å²) in [5.74, 6) is 1.60. The maximum atomic E-state index is 10.2. The van der Waals surface area contributed by atoms with E-state index in [9.17, 15) is 5.11 Å². The van der Waals surface area contributed by atoms with Gasteiger partial charge in [0.2, 0.25) is 5.75 Å². The molecule has 0 bridgehead atoms. The zero-order chi connectivity index (χ0) is 14.5. The highest BCUT2D eigenvalue weighted by Crippen LogP contribution is 2.45. The molecular weight excluding hydrogens is 262 g/mol. The van der Waals surface area contributed by atoms with E-state index in [0.717, 1.165) is 13.1 Å². The van der Waals surface area contributed by atoms with Crippen molar-refractivity contribution in [2.45, 2.75) is 6.54 Å². The number of nitrogens with zero attached hydrogens (tertiary/aromatic N) is 1. The number of phenolic OH excluding ortho intramolecular Hbond substituents is 1. The summed E-state index contributed by atoms with van der Waals surface area (Å²) in [6.45, 7) is 3.65. The highest BCUT2D eigenvalue weighted by atomic mass is 16.5. The summed E-state index contributed by atoms with van der Waals surface area (Å²) in [6.07, 6.45) is 0. The van der Waals surface area contributed by atoms with Gasteiger partial charge in [-0.3, -0.25) is 4.90 Å². The molecule has 0 aliphatic carbocycles. The lowest BCUT2D eigenvalue weighted by Gasteiger charge is -2.28. The predicted octanol–water partition coefficient (Wildman–Crippen LogP) is 1.25. The topological polar surface area (TPSA) is 60.4 Å². The van der Waals surface area contributed by atoms with Crippen molar-refractivity contribution in [3.8, 4) is 23.0 Å². The highest BCUT2D eigenvalue weighted by Gasteiger charge is 2.23. The van der Waals surface area contributed by atoms with Crippen molar-refractivity contribution >= 4 is 0 Å². The smallest absolute Gasteiger partial charge is 0.203 e. The largest absolute Gasteiger partial charge is 0.507 e. The molecule has 6 heteroatoms. The van der Waals surface area contributed by atoms with Crippen LogP contribution in [0.1, 0.15) is 5.56 Å². The van der Waals surface area contributed by atoms with Crippen LogP contribution in [-0.2, 0) is 11.3 Å². The first-order valence-electron chi connectivity index (χ1n) is 6.52. The zero-order valence-electron chi connectivity index (χ0n) is 12.1. The van der Waals surface area contributed by atoms with Gasteiger partial charge in [-0.15, -0.1) is 0 Å². The molecule has 1 aromatic rings. The fraction of sp³-hybridized carbons (Fsp3) is 0.571. The third-order valence-electron chi connectivity index (χ3n) is 3.39. The minimum Gasteiger partial charge on any atom is -0.507 e. The number of benzene rings is 1. The Labute approximate surface area is 118 Å². The molecule has 1 N–H and O–H groups in total. The summed E-state index contributed by atoms with van der Waals surface area (Å²) >= 11 is 0. The van der Waals surface area contributed by atoms with E-state index < -0.39 is 0 Å². The Morgan fingerprint density at radius 2 is 1.75 bits per heavy atom. The van der Waals surface area contributed by atoms with E-state index in [-0.39, 0.29) is 5.75 Å². The van der Waals surface area contributed by atoms with Crippen molar-refractivity contribution in [1.82, 2.24) is 4.90 Å². The van der Waals surface area contributed by atoms with Crippen LogP contribution < -0.4 is 14.2 Å². The molecular formula is C14H21NO5. The quantitative estimate of drug-likeness (QED) is 0.877. The molecule has 0 radical (unpaired) electrons. The van der Waals surface area contributed by atoms with Crippen LogP contribution in [0.25, 0.3) is 0 Å². The standard InChI is InChI=1S/C14H21NO5/c1-17-12-8-11(16)10(13(18-2)14(12)19-3)9-15-4-6-20-7-5-15/h8,16H,4-7,9H2,1-3H3. The molecule has 2 rings (SSSR count). The molecule has 1 aromatic carbocycles. The Bertz CT molecular complexity index is 457. The molecule has 0 saturated carbocycles. The fourth-order valence-electron chi connectivity index (χ4n) is 2.34. The van der Waals surface area contributed by atoms with Gasteiger partial charge in [-0.2, -0.15) is 0 Å². The van der Waals surface area contributed by atoms with Gasteiger partial charge in [0, 0.05) is 25.7 Å². The van der Waals surface area contributed by atoms with E-state index >= 15 is 0 Å². The van der Waals surface area contributed by atoms with E-state index in [2.05, 4.69) is 4.90 Å². The Hall–Kier alpha value is -1.66. The van der Waals surface area contributed by atoms with Gasteiger partial charge in [-0.25, -0.2) is 0 Å². The van der Waals surface area contributed by atoms with Gasteiger partial charge in [-0.1, -0.05) is 0 Å². The average molecular weight is 283 g/mol. The van der Waals surface area contributed by atoms with Crippen molar-refractivity contribution in [3.63, 3.8) is 0 Å². The molecule has 1 aliphatic heterocycles. The normalized spacial score (nSPS) is 15.9. The molecule has 0 aromatic heterocycles. The number of morpholine rings is 1. The minimum atomic E-state index is 0.144. The van der Waals surface area contributed by atoms with E-state index in [1.54, 1.807) is 20.3 Å². The van der Waals surface area contributed by atoms with Gasteiger partial charge in [-0.05, 0) is 0 Å². The van der Waals surface area contributed by atoms with E-state index in [4.69, 9.17) is 18.9 Å². The molecule has 1 aliphatic rings. The molecule has 1 saturated heterocycles. The second kappa shape index (κ2) is 6.67. The summed E-state index contributed by atoms with van der Waals surface area (Å²) in [6, 6.07) is 1.55. The maximum absolute atomic E-state index is 10.2. The lowest BCUT2D eigenvalue weighted by atomic mass is 10.1. The van der Waals surface area contributed by atoms with Crippen LogP contribution in [0.3, 0.4) is 0 Å². The first kappa shape index (κ1) is 14.7. The summed E-state index contributed by atoms with van der Waals surface area (Å²) in [7, 11) is 4.63. The van der Waals surface area contributed by atoms with Crippen molar-refractivity contribution in [2.75, 3.05) is 47.6 Å². The van der Waals surface area contributed by atoms with Gasteiger partial charge >= 0.3 is 0 Å². The predicted molar refractivity (Wildman–Crippen MR) is 73.9 cm³/mol. The molecule has 0 amide bonds. The van der Waals surface area contributed by atoms with Crippen molar-refractivity contribution < 1.29 is 24.1 Å². The van der Waals surface area contributed by atoms with Crippen LogP contribution in [0.15, 0.2) is 6.07 Å². The number of rotatable bonds is 5. The number of aromatic hydroxyl groups is 1. The maximum Gasteiger partial charge on any atom is 0.203 e. The monoisotopic (exact) mass is 283 g/mol. The molecule has 0 unspecified atom stereocenters. The first-order valence-corrected chi connectivity index (χ1v) is 6.52. The van der Waals surface area contributed by atoms with Crippen LogP contribution in [0.5, 0.6) is 23.0 Å². The van der Waals surface area contributed by atoms with Crippen LogP contribution in [-0.4, -0.2) is 57.6 Å². The Kier molecular flexibility index (Phi) is 4.92. The Morgan fingerprint density at radius 1 is 1.10 bits per heavy atom. The zero-order valence-corrected chi connectivity index (χ0v) is 12.1. The lowest BCUT2D eigenvalue weighted by Crippen LogP contribution is -2.35. The summed E-state index contributed by atoms with van der Waals surface area (Å²) in [5.41, 5.74) is 0.701. The van der Waals surface area contributed by atoms with Crippen molar-refractivity contribution in [2.24, 2.45) is 0 Å². The molecule has 0 atom stereocenters. The Balaban J connectivity index is 2.35. The second-order valence-corrected chi connectivity index (χ2v) is 4.53. The molecule has 112 valence electrons. The molecule has 1 heterocycles. The third-order valence-corrected chi connectivity index (χ3v) is 3.39. The van der Waals surface area contributed by atoms with E-state index in [0.29, 0.717) is 42.6 Å². The third kappa shape index (κ3) is 2.91. The molecule has 6 nitrogen and oxygen atoms in total. The summed E-state index contributed by atoms with van der Waals surface area (Å²) in [4.78, 5) is 2.20. The van der Waals surface area contributed by atoms with Gasteiger partial charge in [0.05, 0.1) is 40.1 Å². The van der Waals surface area contributed by atoms with Gasteiger partial charge in [0.1, 0.15) is 5.75 Å². The summed E-state index contributed by atoms with van der Waals surface area (Å²) in [5, 5.41) is 10.2. The number of hydrogen-bond acceptors (Lipinski definition) is 6. The Morgan fingerprint density at radius 3 is 2.30 bits per heavy atom. The molecule has 20 heavy (non-hydrogen) atoms. The van der Waals surface area contributed by atoms with Crippen LogP contribution in [0.2, 0.25) is 0 Å². The number of hydrogen-bond donors (Lipinski definition) is 1. The fourth-order valence-corrected chi connectivity index (χ4v) is 2.34. The number of ether oxygens (including phenoxy) is 4. The van der Waals surface area contributed by atoms with E-state index in [1.165, 1.54) is 7.11 Å². The first-order chi connectivity index (χ1) is 9.71. The van der Waals surface area contributed by atoms with E-state index in [1.807, 2.05) is 0 Å². The van der Waals surface area contributed by atoms with Crippen molar-refractivity contribution in [1.29, 1.82) is 0 Å². The molecule has 1 fully saturated rings. The average Bonchev–Trinajstić information content (AvgIpc) is 2.49. The summed E-state index contributed by atoms with van der Waals surface area (Å²) < 4.78 is 21.3. The van der Waals surface area contributed by atoms with Crippen LogP contribution >= 0.6 is 0 Å². The van der Waals surface area contributed by atoms with Gasteiger partial charge < -0.3 is 24.1 Å². The van der Waals surface area contributed by atoms with Gasteiger partial charge in [0.25, 0.3) is 0 Å².